The summed E-state index contributed by atoms with van der Waals surface area (Å²) in [6.07, 6.45) is 1.29. The normalized spacial score (nSPS) is 32.8. The van der Waals surface area contributed by atoms with E-state index in [1.165, 1.54) is 0 Å². The number of hydrogen-bond acceptors (Lipinski definition) is 3. The summed E-state index contributed by atoms with van der Waals surface area (Å²) in [7, 11) is 0. The van der Waals surface area contributed by atoms with Gasteiger partial charge in [-0.15, -0.1) is 0 Å². The van der Waals surface area contributed by atoms with E-state index in [2.05, 4.69) is 33.0 Å². The number of nitrogens with one attached hydrogen (secondary N) is 1. The Kier molecular flexibility index (Phi) is 4.38. The lowest BCUT2D eigenvalue weighted by molar-refractivity contribution is -0.148. The first-order valence-electron chi connectivity index (χ1n) is 6.44. The van der Waals surface area contributed by atoms with Gasteiger partial charge in [-0.25, -0.2) is 0 Å². The molecule has 2 atom stereocenters. The third-order valence-electron chi connectivity index (χ3n) is 4.00. The third kappa shape index (κ3) is 2.58. The van der Waals surface area contributed by atoms with Crippen molar-refractivity contribution in [3.05, 3.63) is 0 Å². The van der Waals surface area contributed by atoms with Crippen molar-refractivity contribution in [1.29, 1.82) is 0 Å². The van der Waals surface area contributed by atoms with Gasteiger partial charge >= 0.3 is 0 Å². The Hall–Kier alpha value is -0.120. The first-order chi connectivity index (χ1) is 7.33. The molecular weight excluding hydrogens is 200 g/mol. The quantitative estimate of drug-likeness (QED) is 0.728. The van der Waals surface area contributed by atoms with E-state index in [0.29, 0.717) is 12.0 Å². The lowest BCUT2D eigenvalue weighted by Crippen LogP contribution is -2.73. The van der Waals surface area contributed by atoms with Crippen molar-refractivity contribution in [3.63, 3.8) is 0 Å². The number of ether oxygens (including phenoxy) is 1. The molecule has 0 aliphatic heterocycles. The van der Waals surface area contributed by atoms with Crippen LogP contribution in [0.5, 0.6) is 0 Å². The van der Waals surface area contributed by atoms with Gasteiger partial charge in [0, 0.05) is 24.1 Å². The molecule has 1 fully saturated rings. The van der Waals surface area contributed by atoms with Gasteiger partial charge in [0.05, 0.1) is 6.10 Å². The van der Waals surface area contributed by atoms with E-state index >= 15 is 0 Å². The molecule has 0 amide bonds. The molecule has 3 N–H and O–H groups in total. The van der Waals surface area contributed by atoms with Gasteiger partial charge in [-0.3, -0.25) is 0 Å². The van der Waals surface area contributed by atoms with Crippen LogP contribution in [0.25, 0.3) is 0 Å². The molecule has 0 spiro atoms. The Labute approximate surface area is 100 Å². The van der Waals surface area contributed by atoms with E-state index in [1.807, 2.05) is 6.92 Å². The molecule has 1 saturated carbocycles. The van der Waals surface area contributed by atoms with Crippen molar-refractivity contribution in [2.75, 3.05) is 19.7 Å². The van der Waals surface area contributed by atoms with Crippen LogP contribution in [0, 0.1) is 11.3 Å². The van der Waals surface area contributed by atoms with Crippen LogP contribution in [0.15, 0.2) is 0 Å². The molecular formula is C13H28N2O. The number of rotatable bonds is 6. The van der Waals surface area contributed by atoms with Crippen LogP contribution in [0.3, 0.4) is 0 Å². The summed E-state index contributed by atoms with van der Waals surface area (Å²) in [4.78, 5) is 0. The summed E-state index contributed by atoms with van der Waals surface area (Å²) in [6, 6.07) is 0. The first-order valence-corrected chi connectivity index (χ1v) is 6.44. The van der Waals surface area contributed by atoms with Gasteiger partial charge in [0.15, 0.2) is 0 Å². The second kappa shape index (κ2) is 5.03. The molecule has 0 radical (unpaired) electrons. The highest BCUT2D eigenvalue weighted by atomic mass is 16.5. The molecule has 3 heteroatoms. The van der Waals surface area contributed by atoms with Gasteiger partial charge in [0.1, 0.15) is 0 Å². The highest BCUT2D eigenvalue weighted by Gasteiger charge is 2.57. The van der Waals surface area contributed by atoms with Gasteiger partial charge in [-0.2, -0.15) is 0 Å². The fourth-order valence-electron chi connectivity index (χ4n) is 2.39. The lowest BCUT2D eigenvalue weighted by atomic mass is 9.54. The first kappa shape index (κ1) is 13.9. The molecule has 1 rings (SSSR count). The molecule has 16 heavy (non-hydrogen) atoms. The Morgan fingerprint density at radius 3 is 2.50 bits per heavy atom. The van der Waals surface area contributed by atoms with Gasteiger partial charge in [0.25, 0.3) is 0 Å². The minimum atomic E-state index is -0.109. The topological polar surface area (TPSA) is 47.3 Å². The van der Waals surface area contributed by atoms with Gasteiger partial charge < -0.3 is 15.8 Å². The van der Waals surface area contributed by atoms with Crippen LogP contribution in [0.1, 0.15) is 41.0 Å². The zero-order chi connectivity index (χ0) is 12.4. The highest BCUT2D eigenvalue weighted by Crippen LogP contribution is 2.49. The number of hydrogen-bond donors (Lipinski definition) is 2. The average Bonchev–Trinajstić information content (AvgIpc) is 2.17. The minimum Gasteiger partial charge on any atom is -0.378 e. The van der Waals surface area contributed by atoms with Crippen molar-refractivity contribution in [2.24, 2.45) is 17.1 Å². The molecule has 3 nitrogen and oxygen atoms in total. The van der Waals surface area contributed by atoms with E-state index < -0.39 is 0 Å². The molecule has 0 aromatic heterocycles. The molecule has 0 heterocycles. The Morgan fingerprint density at radius 2 is 2.06 bits per heavy atom. The zero-order valence-electron chi connectivity index (χ0n) is 11.5. The third-order valence-corrected chi connectivity index (χ3v) is 4.00. The second-order valence-electron chi connectivity index (χ2n) is 6.05. The van der Waals surface area contributed by atoms with Crippen molar-refractivity contribution in [1.82, 2.24) is 5.32 Å². The smallest absolute Gasteiger partial charge is 0.0662 e. The van der Waals surface area contributed by atoms with E-state index in [-0.39, 0.29) is 11.0 Å². The monoisotopic (exact) mass is 228 g/mol. The van der Waals surface area contributed by atoms with Crippen LogP contribution in [0.4, 0.5) is 0 Å². The maximum absolute atomic E-state index is 6.44. The van der Waals surface area contributed by atoms with E-state index in [0.717, 1.165) is 26.1 Å². The largest absolute Gasteiger partial charge is 0.378 e. The summed E-state index contributed by atoms with van der Waals surface area (Å²) in [5, 5.41) is 3.47. The van der Waals surface area contributed by atoms with Crippen LogP contribution in [-0.2, 0) is 4.74 Å². The molecule has 1 aliphatic rings. The average molecular weight is 228 g/mol. The summed E-state index contributed by atoms with van der Waals surface area (Å²) < 4.78 is 5.71. The Bertz CT molecular complexity index is 228. The Balaban J connectivity index is 2.42. The summed E-state index contributed by atoms with van der Waals surface area (Å²) in [5.41, 5.74) is 6.41. The van der Waals surface area contributed by atoms with Crippen molar-refractivity contribution in [3.8, 4) is 0 Å². The van der Waals surface area contributed by atoms with Crippen molar-refractivity contribution in [2.45, 2.75) is 52.7 Å². The highest BCUT2D eigenvalue weighted by molar-refractivity contribution is 5.14. The maximum atomic E-state index is 6.44. The van der Waals surface area contributed by atoms with Gasteiger partial charge in [-0.05, 0) is 25.8 Å². The van der Waals surface area contributed by atoms with Crippen molar-refractivity contribution >= 4 is 0 Å². The number of nitrogens with two attached hydrogens (primary N) is 1. The lowest BCUT2D eigenvalue weighted by Gasteiger charge is -2.59. The van der Waals surface area contributed by atoms with Crippen LogP contribution < -0.4 is 11.1 Å². The molecule has 0 bridgehead atoms. The molecule has 0 saturated heterocycles. The predicted molar refractivity (Wildman–Crippen MR) is 68.4 cm³/mol. The van der Waals surface area contributed by atoms with Crippen LogP contribution in [-0.4, -0.2) is 31.3 Å². The molecule has 0 aromatic carbocycles. The minimum absolute atomic E-state index is 0.0764. The predicted octanol–water partition coefficient (Wildman–Crippen LogP) is 1.76. The van der Waals surface area contributed by atoms with Crippen LogP contribution >= 0.6 is 0 Å². The second-order valence-corrected chi connectivity index (χ2v) is 6.05. The SMILES string of the molecule is CCOC1CC(N)(CNCC(C)C)C1(C)C. The van der Waals surface area contributed by atoms with E-state index in [4.69, 9.17) is 10.5 Å². The van der Waals surface area contributed by atoms with Crippen LogP contribution in [0.2, 0.25) is 0 Å². The van der Waals surface area contributed by atoms with Gasteiger partial charge in [-0.1, -0.05) is 27.7 Å². The molecule has 1 aliphatic carbocycles. The summed E-state index contributed by atoms with van der Waals surface area (Å²) in [6.45, 7) is 13.6. The zero-order valence-corrected chi connectivity index (χ0v) is 11.5. The molecule has 2 unspecified atom stereocenters. The summed E-state index contributed by atoms with van der Waals surface area (Å²) in [5.74, 6) is 0.675. The summed E-state index contributed by atoms with van der Waals surface area (Å²) >= 11 is 0. The molecule has 96 valence electrons. The fraction of sp³-hybridized carbons (Fsp3) is 1.00. The van der Waals surface area contributed by atoms with Gasteiger partial charge in [0.2, 0.25) is 0 Å². The van der Waals surface area contributed by atoms with Crippen molar-refractivity contribution < 1.29 is 4.74 Å². The molecule has 0 aromatic rings. The fourth-order valence-corrected chi connectivity index (χ4v) is 2.39. The van der Waals surface area contributed by atoms with E-state index in [1.54, 1.807) is 0 Å². The Morgan fingerprint density at radius 1 is 1.44 bits per heavy atom. The van der Waals surface area contributed by atoms with E-state index in [9.17, 15) is 0 Å². The maximum Gasteiger partial charge on any atom is 0.0662 e. The standard InChI is InChI=1S/C13H28N2O/c1-6-16-11-7-13(14,12(11,4)5)9-15-8-10(2)3/h10-11,15H,6-9,14H2,1-5H3.